The lowest BCUT2D eigenvalue weighted by Crippen LogP contribution is -2.08. The Morgan fingerprint density at radius 1 is 1.00 bits per heavy atom. The zero-order chi connectivity index (χ0) is 14.4. The van der Waals surface area contributed by atoms with E-state index in [0.29, 0.717) is 0 Å². The maximum atomic E-state index is 6.40. The molecule has 0 saturated heterocycles. The van der Waals surface area contributed by atoms with Gasteiger partial charge in [0.1, 0.15) is 11.3 Å². The summed E-state index contributed by atoms with van der Waals surface area (Å²) in [4.78, 5) is 1.13. The van der Waals surface area contributed by atoms with Gasteiger partial charge in [-0.2, -0.15) is 0 Å². The van der Waals surface area contributed by atoms with Crippen LogP contribution in [0.5, 0.6) is 0 Å². The molecule has 4 rings (SSSR count). The lowest BCUT2D eigenvalue weighted by molar-refractivity contribution is 0.528. The van der Waals surface area contributed by atoms with Gasteiger partial charge in [-0.1, -0.05) is 29.8 Å². The number of hydrogen-bond acceptors (Lipinski definition) is 3. The number of rotatable bonds is 2. The molecule has 2 aromatic heterocycles. The molecular formula is C18H15NOS. The van der Waals surface area contributed by atoms with E-state index in [4.69, 9.17) is 10.2 Å². The summed E-state index contributed by atoms with van der Waals surface area (Å²) < 4.78 is 7.18. The molecule has 0 amide bonds. The van der Waals surface area contributed by atoms with E-state index in [1.54, 1.807) is 11.3 Å². The second-order valence-electron chi connectivity index (χ2n) is 5.35. The Morgan fingerprint density at radius 2 is 1.86 bits per heavy atom. The fourth-order valence-corrected chi connectivity index (χ4v) is 3.71. The van der Waals surface area contributed by atoms with Crippen LogP contribution in [0.25, 0.3) is 21.1 Å². The topological polar surface area (TPSA) is 39.2 Å². The second kappa shape index (κ2) is 4.72. The molecule has 21 heavy (non-hydrogen) atoms. The van der Waals surface area contributed by atoms with E-state index in [1.165, 1.54) is 15.6 Å². The van der Waals surface area contributed by atoms with Gasteiger partial charge in [0.25, 0.3) is 0 Å². The molecule has 3 heteroatoms. The van der Waals surface area contributed by atoms with Crippen LogP contribution >= 0.6 is 11.3 Å². The lowest BCUT2D eigenvalue weighted by Gasteiger charge is -2.04. The van der Waals surface area contributed by atoms with Crippen LogP contribution in [-0.2, 0) is 0 Å². The summed E-state index contributed by atoms with van der Waals surface area (Å²) in [6.07, 6.45) is 0. The van der Waals surface area contributed by atoms with Crippen LogP contribution < -0.4 is 5.73 Å². The molecule has 1 unspecified atom stereocenters. The fraction of sp³-hybridized carbons (Fsp3) is 0.111. The van der Waals surface area contributed by atoms with Crippen molar-refractivity contribution in [2.75, 3.05) is 0 Å². The Balaban J connectivity index is 1.79. The monoisotopic (exact) mass is 293 g/mol. The highest BCUT2D eigenvalue weighted by Crippen LogP contribution is 2.34. The molecule has 0 saturated carbocycles. The van der Waals surface area contributed by atoms with Crippen molar-refractivity contribution in [2.45, 2.75) is 13.0 Å². The first-order valence-electron chi connectivity index (χ1n) is 6.95. The molecule has 0 fully saturated rings. The first-order valence-corrected chi connectivity index (χ1v) is 7.76. The van der Waals surface area contributed by atoms with Crippen LogP contribution in [0.2, 0.25) is 0 Å². The summed E-state index contributed by atoms with van der Waals surface area (Å²) >= 11 is 1.73. The number of nitrogens with two attached hydrogens (primary N) is 1. The van der Waals surface area contributed by atoms with Crippen LogP contribution in [0.15, 0.2) is 59.0 Å². The predicted molar refractivity (Wildman–Crippen MR) is 88.8 cm³/mol. The Bertz CT molecular complexity index is 902. The number of thiophene rings is 1. The third-order valence-corrected chi connectivity index (χ3v) is 4.95. The van der Waals surface area contributed by atoms with Gasteiger partial charge in [0.05, 0.1) is 6.04 Å². The highest BCUT2D eigenvalue weighted by Gasteiger charge is 2.16. The van der Waals surface area contributed by atoms with E-state index in [2.05, 4.69) is 49.4 Å². The minimum Gasteiger partial charge on any atom is -0.459 e. The lowest BCUT2D eigenvalue weighted by atomic mass is 10.1. The molecule has 0 aliphatic heterocycles. The molecule has 0 radical (unpaired) electrons. The first kappa shape index (κ1) is 12.6. The largest absolute Gasteiger partial charge is 0.459 e. The molecule has 2 heterocycles. The quantitative estimate of drug-likeness (QED) is 0.564. The highest BCUT2D eigenvalue weighted by molar-refractivity contribution is 7.19. The summed E-state index contributed by atoms with van der Waals surface area (Å²) in [5.41, 5.74) is 8.52. The van der Waals surface area contributed by atoms with E-state index in [0.717, 1.165) is 21.6 Å². The summed E-state index contributed by atoms with van der Waals surface area (Å²) in [6, 6.07) is 18.5. The van der Waals surface area contributed by atoms with Gasteiger partial charge in [0.15, 0.2) is 0 Å². The van der Waals surface area contributed by atoms with E-state index in [9.17, 15) is 0 Å². The predicted octanol–water partition coefficient (Wildman–Crippen LogP) is 5.00. The van der Waals surface area contributed by atoms with Gasteiger partial charge in [-0.25, -0.2) is 0 Å². The second-order valence-corrected chi connectivity index (χ2v) is 6.47. The van der Waals surface area contributed by atoms with Gasteiger partial charge in [-0.15, -0.1) is 11.3 Å². The Kier molecular flexibility index (Phi) is 2.84. The molecule has 104 valence electrons. The molecule has 2 N–H and O–H groups in total. The average molecular weight is 293 g/mol. The van der Waals surface area contributed by atoms with E-state index < -0.39 is 0 Å². The number of fused-ring (bicyclic) bond motifs is 2. The normalized spacial score (nSPS) is 13.0. The molecule has 0 bridgehead atoms. The summed E-state index contributed by atoms with van der Waals surface area (Å²) in [6.45, 7) is 2.08. The van der Waals surface area contributed by atoms with Crippen LogP contribution in [0, 0.1) is 6.92 Å². The number of hydrogen-bond donors (Lipinski definition) is 1. The first-order chi connectivity index (χ1) is 10.2. The van der Waals surface area contributed by atoms with Crippen molar-refractivity contribution in [3.63, 3.8) is 0 Å². The molecule has 1 atom stereocenters. The number of furan rings is 1. The smallest absolute Gasteiger partial charge is 0.134 e. The highest BCUT2D eigenvalue weighted by atomic mass is 32.1. The van der Waals surface area contributed by atoms with Crippen molar-refractivity contribution in [3.8, 4) is 0 Å². The third-order valence-electron chi connectivity index (χ3n) is 3.75. The average Bonchev–Trinajstić information content (AvgIpc) is 3.09. The van der Waals surface area contributed by atoms with Crippen LogP contribution in [0.1, 0.15) is 22.2 Å². The minimum absolute atomic E-state index is 0.213. The Labute approximate surface area is 126 Å². The van der Waals surface area contributed by atoms with Gasteiger partial charge in [0, 0.05) is 15.0 Å². The van der Waals surface area contributed by atoms with E-state index in [1.807, 2.05) is 12.1 Å². The zero-order valence-corrected chi connectivity index (χ0v) is 12.5. The Hall–Kier alpha value is -2.10. The Morgan fingerprint density at radius 3 is 2.71 bits per heavy atom. The van der Waals surface area contributed by atoms with Gasteiger partial charge < -0.3 is 10.2 Å². The van der Waals surface area contributed by atoms with Gasteiger partial charge in [-0.05, 0) is 42.6 Å². The molecule has 2 nitrogen and oxygen atoms in total. The molecule has 4 aromatic rings. The van der Waals surface area contributed by atoms with Crippen LogP contribution in [-0.4, -0.2) is 0 Å². The fourth-order valence-electron chi connectivity index (χ4n) is 2.63. The molecule has 2 aromatic carbocycles. The SMILES string of the molecule is Cc1ccc2oc(C(N)c3cc4ccccc4s3)cc2c1. The van der Waals surface area contributed by atoms with Gasteiger partial charge in [-0.3, -0.25) is 0 Å². The van der Waals surface area contributed by atoms with Gasteiger partial charge >= 0.3 is 0 Å². The molecule has 0 aliphatic rings. The summed E-state index contributed by atoms with van der Waals surface area (Å²) in [5, 5.41) is 2.35. The molecule has 0 aliphatic carbocycles. The number of aryl methyl sites for hydroxylation is 1. The van der Waals surface area contributed by atoms with Crippen LogP contribution in [0.4, 0.5) is 0 Å². The van der Waals surface area contributed by atoms with Gasteiger partial charge in [0.2, 0.25) is 0 Å². The number of benzene rings is 2. The molecular weight excluding hydrogens is 278 g/mol. The van der Waals surface area contributed by atoms with Crippen molar-refractivity contribution in [3.05, 3.63) is 70.8 Å². The van der Waals surface area contributed by atoms with Crippen molar-refractivity contribution < 1.29 is 4.42 Å². The summed E-state index contributed by atoms with van der Waals surface area (Å²) in [5.74, 6) is 0.821. The van der Waals surface area contributed by atoms with Crippen molar-refractivity contribution in [2.24, 2.45) is 5.73 Å². The van der Waals surface area contributed by atoms with E-state index in [-0.39, 0.29) is 6.04 Å². The van der Waals surface area contributed by atoms with E-state index >= 15 is 0 Å². The third kappa shape index (κ3) is 2.15. The maximum Gasteiger partial charge on any atom is 0.134 e. The van der Waals surface area contributed by atoms with Crippen molar-refractivity contribution >= 4 is 32.4 Å². The zero-order valence-electron chi connectivity index (χ0n) is 11.7. The standard InChI is InChI=1S/C18H15NOS/c1-11-6-7-14-13(8-11)9-15(20-14)18(19)17-10-12-4-2-3-5-16(12)21-17/h2-10,18H,19H2,1H3. The van der Waals surface area contributed by atoms with Crippen molar-refractivity contribution in [1.29, 1.82) is 0 Å². The summed E-state index contributed by atoms with van der Waals surface area (Å²) in [7, 11) is 0. The minimum atomic E-state index is -0.213. The maximum absolute atomic E-state index is 6.40. The van der Waals surface area contributed by atoms with Crippen molar-refractivity contribution in [1.82, 2.24) is 0 Å². The van der Waals surface area contributed by atoms with Crippen LogP contribution in [0.3, 0.4) is 0 Å². The molecule has 0 spiro atoms.